The summed E-state index contributed by atoms with van der Waals surface area (Å²) >= 11 is 0. The summed E-state index contributed by atoms with van der Waals surface area (Å²) in [4.78, 5) is 13.2. The zero-order chi connectivity index (χ0) is 14.7. The Morgan fingerprint density at radius 3 is 2.86 bits per heavy atom. The van der Waals surface area contributed by atoms with Crippen LogP contribution in [-0.4, -0.2) is 22.1 Å². The number of hydrazine groups is 1. The largest absolute Gasteiger partial charge is 0.378 e. The lowest BCUT2D eigenvalue weighted by Crippen LogP contribution is -2.11. The Kier molecular flexibility index (Phi) is 3.72. The van der Waals surface area contributed by atoms with Crippen molar-refractivity contribution in [1.82, 2.24) is 15.0 Å². The highest BCUT2D eigenvalue weighted by Gasteiger charge is 2.10. The standard InChI is InChI=1S/C15H15N5O/c1-21-9-11-6-14(20-16)19-15(18-11)13-8-17-7-10-4-2-3-5-12(10)13/h2-8H,9,16H2,1H3,(H,18,19,20). The van der Waals surface area contributed by atoms with E-state index in [0.717, 1.165) is 22.0 Å². The first kappa shape index (κ1) is 13.4. The smallest absolute Gasteiger partial charge is 0.164 e. The van der Waals surface area contributed by atoms with Gasteiger partial charge in [0.25, 0.3) is 0 Å². The third kappa shape index (κ3) is 2.67. The van der Waals surface area contributed by atoms with Gasteiger partial charge in [-0.3, -0.25) is 4.98 Å². The lowest BCUT2D eigenvalue weighted by molar-refractivity contribution is 0.181. The van der Waals surface area contributed by atoms with Crippen LogP contribution in [0.2, 0.25) is 0 Å². The molecule has 0 saturated heterocycles. The average molecular weight is 281 g/mol. The molecule has 3 aromatic rings. The molecule has 0 fully saturated rings. The van der Waals surface area contributed by atoms with Crippen molar-refractivity contribution >= 4 is 16.6 Å². The topological polar surface area (TPSA) is 86.0 Å². The van der Waals surface area contributed by atoms with Crippen LogP contribution >= 0.6 is 0 Å². The molecule has 1 aromatic carbocycles. The van der Waals surface area contributed by atoms with Crippen LogP contribution in [-0.2, 0) is 11.3 Å². The van der Waals surface area contributed by atoms with Gasteiger partial charge in [-0.25, -0.2) is 15.8 Å². The number of nitrogen functional groups attached to an aromatic ring is 1. The van der Waals surface area contributed by atoms with Crippen LogP contribution < -0.4 is 11.3 Å². The number of hydrogen-bond acceptors (Lipinski definition) is 6. The summed E-state index contributed by atoms with van der Waals surface area (Å²) in [6.07, 6.45) is 3.58. The number of pyridine rings is 1. The summed E-state index contributed by atoms with van der Waals surface area (Å²) in [6, 6.07) is 9.74. The van der Waals surface area contributed by atoms with Crippen LogP contribution in [0, 0.1) is 0 Å². The molecule has 0 aliphatic heterocycles. The van der Waals surface area contributed by atoms with Crippen molar-refractivity contribution in [2.75, 3.05) is 12.5 Å². The molecule has 2 heterocycles. The fourth-order valence-corrected chi connectivity index (χ4v) is 2.21. The van der Waals surface area contributed by atoms with E-state index >= 15 is 0 Å². The van der Waals surface area contributed by atoms with Crippen LogP contribution in [0.3, 0.4) is 0 Å². The minimum absolute atomic E-state index is 0.391. The van der Waals surface area contributed by atoms with Crippen molar-refractivity contribution in [3.63, 3.8) is 0 Å². The van der Waals surface area contributed by atoms with Gasteiger partial charge in [0.15, 0.2) is 5.82 Å². The predicted molar refractivity (Wildman–Crippen MR) is 81.3 cm³/mol. The molecule has 3 rings (SSSR count). The monoisotopic (exact) mass is 281 g/mol. The maximum absolute atomic E-state index is 5.48. The molecule has 3 N–H and O–H groups in total. The van der Waals surface area contributed by atoms with Crippen molar-refractivity contribution in [1.29, 1.82) is 0 Å². The lowest BCUT2D eigenvalue weighted by atomic mass is 10.1. The van der Waals surface area contributed by atoms with Crippen molar-refractivity contribution in [3.8, 4) is 11.4 Å². The number of nitrogens with zero attached hydrogens (tertiary/aromatic N) is 3. The number of nitrogens with one attached hydrogen (secondary N) is 1. The van der Waals surface area contributed by atoms with E-state index in [4.69, 9.17) is 10.6 Å². The van der Waals surface area contributed by atoms with E-state index in [9.17, 15) is 0 Å². The number of hydrogen-bond donors (Lipinski definition) is 2. The van der Waals surface area contributed by atoms with E-state index in [1.54, 1.807) is 19.4 Å². The quantitative estimate of drug-likeness (QED) is 0.563. The van der Waals surface area contributed by atoms with Crippen molar-refractivity contribution in [2.24, 2.45) is 5.84 Å². The maximum Gasteiger partial charge on any atom is 0.164 e. The predicted octanol–water partition coefficient (Wildman–Crippen LogP) is 2.12. The normalized spacial score (nSPS) is 10.8. The molecule has 21 heavy (non-hydrogen) atoms. The molecule has 0 radical (unpaired) electrons. The SMILES string of the molecule is COCc1cc(NN)nc(-c2cncc3ccccc23)n1. The highest BCUT2D eigenvalue weighted by atomic mass is 16.5. The van der Waals surface area contributed by atoms with E-state index in [2.05, 4.69) is 20.4 Å². The number of rotatable bonds is 4. The number of nitrogens with two attached hydrogens (primary N) is 1. The lowest BCUT2D eigenvalue weighted by Gasteiger charge is -2.09. The Balaban J connectivity index is 2.20. The van der Waals surface area contributed by atoms with Gasteiger partial charge in [0.1, 0.15) is 5.82 Å². The van der Waals surface area contributed by atoms with Gasteiger partial charge in [0.05, 0.1) is 12.3 Å². The van der Waals surface area contributed by atoms with Gasteiger partial charge in [-0.1, -0.05) is 24.3 Å². The first-order chi connectivity index (χ1) is 10.3. The fraction of sp³-hybridized carbons (Fsp3) is 0.133. The van der Waals surface area contributed by atoms with Crippen molar-refractivity contribution < 1.29 is 4.74 Å². The summed E-state index contributed by atoms with van der Waals surface area (Å²) in [5, 5.41) is 2.09. The van der Waals surface area contributed by atoms with Gasteiger partial charge >= 0.3 is 0 Å². The van der Waals surface area contributed by atoms with Gasteiger partial charge in [-0.15, -0.1) is 0 Å². The number of ether oxygens (including phenoxy) is 1. The minimum atomic E-state index is 0.391. The van der Waals surface area contributed by atoms with Gasteiger partial charge in [-0.2, -0.15) is 0 Å². The third-order valence-corrected chi connectivity index (χ3v) is 3.13. The molecular formula is C15H15N5O. The summed E-state index contributed by atoms with van der Waals surface area (Å²) in [5.74, 6) is 6.59. The Bertz CT molecular complexity index is 770. The average Bonchev–Trinajstić information content (AvgIpc) is 2.54. The Morgan fingerprint density at radius 1 is 1.19 bits per heavy atom. The Hall–Kier alpha value is -2.57. The van der Waals surface area contributed by atoms with Gasteiger partial charge < -0.3 is 10.2 Å². The van der Waals surface area contributed by atoms with E-state index in [1.165, 1.54) is 0 Å². The number of fused-ring (bicyclic) bond motifs is 1. The molecule has 6 nitrogen and oxygen atoms in total. The van der Waals surface area contributed by atoms with Crippen LogP contribution in [0.25, 0.3) is 22.2 Å². The molecule has 0 atom stereocenters. The Labute approximate surface area is 122 Å². The third-order valence-electron chi connectivity index (χ3n) is 3.13. The molecule has 0 spiro atoms. The second-order valence-corrected chi connectivity index (χ2v) is 4.55. The van der Waals surface area contributed by atoms with Crippen LogP contribution in [0.15, 0.2) is 42.7 Å². The highest BCUT2D eigenvalue weighted by Crippen LogP contribution is 2.26. The minimum Gasteiger partial charge on any atom is -0.378 e. The molecule has 0 unspecified atom stereocenters. The fourth-order valence-electron chi connectivity index (χ4n) is 2.21. The van der Waals surface area contributed by atoms with Crippen LogP contribution in [0.5, 0.6) is 0 Å². The maximum atomic E-state index is 5.48. The summed E-state index contributed by atoms with van der Waals surface area (Å²) in [7, 11) is 1.62. The zero-order valence-corrected chi connectivity index (χ0v) is 11.6. The zero-order valence-electron chi connectivity index (χ0n) is 11.6. The van der Waals surface area contributed by atoms with E-state index in [1.807, 2.05) is 30.5 Å². The van der Waals surface area contributed by atoms with Crippen LogP contribution in [0.4, 0.5) is 5.82 Å². The van der Waals surface area contributed by atoms with Gasteiger partial charge in [0.2, 0.25) is 0 Å². The number of methoxy groups -OCH3 is 1. The number of benzene rings is 1. The molecular weight excluding hydrogens is 266 g/mol. The molecule has 0 bridgehead atoms. The number of aromatic nitrogens is 3. The molecule has 2 aromatic heterocycles. The molecule has 0 aliphatic rings. The van der Waals surface area contributed by atoms with Crippen molar-refractivity contribution in [2.45, 2.75) is 6.61 Å². The highest BCUT2D eigenvalue weighted by molar-refractivity contribution is 5.94. The first-order valence-corrected chi connectivity index (χ1v) is 6.48. The second-order valence-electron chi connectivity index (χ2n) is 4.55. The van der Waals surface area contributed by atoms with Crippen molar-refractivity contribution in [3.05, 3.63) is 48.4 Å². The molecule has 0 aliphatic carbocycles. The molecule has 106 valence electrons. The summed E-state index contributed by atoms with van der Waals surface area (Å²) in [5.41, 5.74) is 4.17. The Morgan fingerprint density at radius 2 is 2.05 bits per heavy atom. The molecule has 0 amide bonds. The summed E-state index contributed by atoms with van der Waals surface area (Å²) in [6.45, 7) is 0.391. The van der Waals surface area contributed by atoms with E-state index in [0.29, 0.717) is 18.2 Å². The molecule has 6 heteroatoms. The second kappa shape index (κ2) is 5.82. The van der Waals surface area contributed by atoms with Gasteiger partial charge in [0, 0.05) is 36.5 Å². The van der Waals surface area contributed by atoms with Gasteiger partial charge in [-0.05, 0) is 5.39 Å². The molecule has 0 saturated carbocycles. The number of anilines is 1. The van der Waals surface area contributed by atoms with Crippen LogP contribution in [0.1, 0.15) is 5.69 Å². The first-order valence-electron chi connectivity index (χ1n) is 6.48. The summed E-state index contributed by atoms with van der Waals surface area (Å²) < 4.78 is 5.13. The van der Waals surface area contributed by atoms with E-state index in [-0.39, 0.29) is 0 Å². The van der Waals surface area contributed by atoms with E-state index < -0.39 is 0 Å².